The Hall–Kier alpha value is 0.110. The molecule has 1 unspecified atom stereocenters. The van der Waals surface area contributed by atoms with Crippen LogP contribution >= 0.6 is 35.0 Å². The average Bonchev–Trinajstić information content (AvgIpc) is 2.29. The Labute approximate surface area is 118 Å². The van der Waals surface area contributed by atoms with Crippen LogP contribution in [0, 0.1) is 0 Å². The van der Waals surface area contributed by atoms with Gasteiger partial charge in [0.05, 0.1) is 0 Å². The molecule has 0 aliphatic heterocycles. The third-order valence-corrected chi connectivity index (χ3v) is 4.64. The minimum Gasteiger partial charge on any atom is -0.309 e. The highest BCUT2D eigenvalue weighted by molar-refractivity contribution is 7.99. The van der Waals surface area contributed by atoms with E-state index in [0.29, 0.717) is 0 Å². The zero-order valence-corrected chi connectivity index (χ0v) is 13.0. The predicted octanol–water partition coefficient (Wildman–Crippen LogP) is 4.79. The molecule has 1 rings (SSSR count). The summed E-state index contributed by atoms with van der Waals surface area (Å²) in [7, 11) is 0. The molecule has 1 nitrogen and oxygen atoms in total. The van der Waals surface area contributed by atoms with E-state index < -0.39 is 0 Å². The molecule has 1 aromatic carbocycles. The summed E-state index contributed by atoms with van der Waals surface area (Å²) in [5, 5.41) is 4.98. The molecule has 0 aromatic heterocycles. The number of thioether (sulfide) groups is 1. The van der Waals surface area contributed by atoms with Crippen molar-refractivity contribution in [3.05, 3.63) is 33.8 Å². The number of hydrogen-bond donors (Lipinski definition) is 1. The lowest BCUT2D eigenvalue weighted by molar-refractivity contribution is 0.523. The normalized spacial score (nSPS) is 13.8. The van der Waals surface area contributed by atoms with E-state index in [2.05, 4.69) is 32.3 Å². The largest absolute Gasteiger partial charge is 0.309 e. The highest BCUT2D eigenvalue weighted by atomic mass is 35.5. The summed E-state index contributed by atoms with van der Waals surface area (Å²) >= 11 is 14.0. The summed E-state index contributed by atoms with van der Waals surface area (Å²) in [4.78, 5) is 0. The van der Waals surface area contributed by atoms with Crippen LogP contribution in [0.3, 0.4) is 0 Å². The second kappa shape index (κ2) is 6.33. The SMILES string of the molecule is CSC(C)(C)CNC(C)c1cc(Cl)ccc1Cl. The van der Waals surface area contributed by atoms with Crippen LogP contribution < -0.4 is 5.32 Å². The van der Waals surface area contributed by atoms with Crippen molar-refractivity contribution in [3.8, 4) is 0 Å². The molecule has 0 saturated heterocycles. The topological polar surface area (TPSA) is 12.0 Å². The maximum Gasteiger partial charge on any atom is 0.0454 e. The highest BCUT2D eigenvalue weighted by Crippen LogP contribution is 2.27. The van der Waals surface area contributed by atoms with Crippen LogP contribution in [-0.4, -0.2) is 17.5 Å². The van der Waals surface area contributed by atoms with Crippen molar-refractivity contribution in [2.75, 3.05) is 12.8 Å². The van der Waals surface area contributed by atoms with Crippen LogP contribution in [0.2, 0.25) is 10.0 Å². The van der Waals surface area contributed by atoms with E-state index in [1.807, 2.05) is 30.0 Å². The van der Waals surface area contributed by atoms with Gasteiger partial charge in [-0.1, -0.05) is 23.2 Å². The van der Waals surface area contributed by atoms with E-state index >= 15 is 0 Å². The Bertz CT molecular complexity index is 380. The van der Waals surface area contributed by atoms with Gasteiger partial charge in [-0.15, -0.1) is 0 Å². The van der Waals surface area contributed by atoms with E-state index in [4.69, 9.17) is 23.2 Å². The van der Waals surface area contributed by atoms with Gasteiger partial charge in [0.1, 0.15) is 0 Å². The molecule has 96 valence electrons. The molecular weight excluding hydrogens is 273 g/mol. The van der Waals surface area contributed by atoms with Gasteiger partial charge in [0.15, 0.2) is 0 Å². The minimum atomic E-state index is 0.202. The first kappa shape index (κ1) is 15.2. The minimum absolute atomic E-state index is 0.202. The van der Waals surface area contributed by atoms with Crippen molar-refractivity contribution in [1.29, 1.82) is 0 Å². The lowest BCUT2D eigenvalue weighted by atomic mass is 10.1. The van der Waals surface area contributed by atoms with Gasteiger partial charge in [-0.2, -0.15) is 11.8 Å². The predicted molar refractivity (Wildman–Crippen MR) is 80.5 cm³/mol. The van der Waals surface area contributed by atoms with E-state index in [1.165, 1.54) is 0 Å². The number of rotatable bonds is 5. The van der Waals surface area contributed by atoms with Gasteiger partial charge in [0.2, 0.25) is 0 Å². The molecule has 1 atom stereocenters. The van der Waals surface area contributed by atoms with Crippen molar-refractivity contribution in [2.45, 2.75) is 31.6 Å². The molecule has 0 bridgehead atoms. The van der Waals surface area contributed by atoms with Crippen molar-refractivity contribution < 1.29 is 0 Å². The van der Waals surface area contributed by atoms with Gasteiger partial charge in [0, 0.05) is 27.4 Å². The Balaban J connectivity index is 2.70. The molecule has 0 spiro atoms. The first-order valence-electron chi connectivity index (χ1n) is 5.59. The lowest BCUT2D eigenvalue weighted by Gasteiger charge is -2.25. The number of benzene rings is 1. The third kappa shape index (κ3) is 4.70. The zero-order chi connectivity index (χ0) is 13.1. The standard InChI is InChI=1S/C13H19Cl2NS/c1-9(16-8-13(2,3)17-4)11-7-10(14)5-6-12(11)15/h5-7,9,16H,8H2,1-4H3. The van der Waals surface area contributed by atoms with E-state index in [-0.39, 0.29) is 10.8 Å². The summed E-state index contributed by atoms with van der Waals surface area (Å²) in [6.07, 6.45) is 2.12. The number of nitrogens with one attached hydrogen (secondary N) is 1. The first-order valence-corrected chi connectivity index (χ1v) is 7.57. The fourth-order valence-corrected chi connectivity index (χ4v) is 2.12. The van der Waals surface area contributed by atoms with Gasteiger partial charge in [-0.05, 0) is 50.8 Å². The highest BCUT2D eigenvalue weighted by Gasteiger charge is 2.18. The van der Waals surface area contributed by atoms with Crippen molar-refractivity contribution >= 4 is 35.0 Å². The van der Waals surface area contributed by atoms with Crippen LogP contribution in [0.5, 0.6) is 0 Å². The quantitative estimate of drug-likeness (QED) is 0.837. The van der Waals surface area contributed by atoms with E-state index in [1.54, 1.807) is 0 Å². The Morgan fingerprint density at radius 2 is 2.00 bits per heavy atom. The molecule has 0 heterocycles. The van der Waals surface area contributed by atoms with Crippen LogP contribution in [0.4, 0.5) is 0 Å². The molecule has 0 saturated carbocycles. The van der Waals surface area contributed by atoms with Crippen LogP contribution in [-0.2, 0) is 0 Å². The van der Waals surface area contributed by atoms with Gasteiger partial charge in [-0.3, -0.25) is 0 Å². The summed E-state index contributed by atoms with van der Waals surface area (Å²) in [5.41, 5.74) is 1.05. The molecule has 0 amide bonds. The number of halogens is 2. The van der Waals surface area contributed by atoms with Gasteiger partial charge in [-0.25, -0.2) is 0 Å². The summed E-state index contributed by atoms with van der Waals surface area (Å²) < 4.78 is 0.222. The molecule has 0 aliphatic carbocycles. The van der Waals surface area contributed by atoms with E-state index in [0.717, 1.165) is 22.2 Å². The summed E-state index contributed by atoms with van der Waals surface area (Å²) in [5.74, 6) is 0. The molecule has 0 fully saturated rings. The summed E-state index contributed by atoms with van der Waals surface area (Å²) in [6.45, 7) is 7.47. The van der Waals surface area contributed by atoms with E-state index in [9.17, 15) is 0 Å². The molecule has 1 aromatic rings. The second-order valence-electron chi connectivity index (χ2n) is 4.73. The first-order chi connectivity index (χ1) is 7.85. The van der Waals surface area contributed by atoms with Crippen LogP contribution in [0.1, 0.15) is 32.4 Å². The molecule has 0 aliphatic rings. The van der Waals surface area contributed by atoms with Crippen LogP contribution in [0.25, 0.3) is 0 Å². The Morgan fingerprint density at radius 3 is 2.59 bits per heavy atom. The molecule has 0 radical (unpaired) electrons. The number of hydrogen-bond acceptors (Lipinski definition) is 2. The van der Waals surface area contributed by atoms with Crippen molar-refractivity contribution in [3.63, 3.8) is 0 Å². The molecular formula is C13H19Cl2NS. The Morgan fingerprint density at radius 1 is 1.35 bits per heavy atom. The maximum absolute atomic E-state index is 6.17. The monoisotopic (exact) mass is 291 g/mol. The second-order valence-corrected chi connectivity index (χ2v) is 7.09. The molecule has 17 heavy (non-hydrogen) atoms. The zero-order valence-electron chi connectivity index (χ0n) is 10.7. The molecule has 1 N–H and O–H groups in total. The fourth-order valence-electron chi connectivity index (χ4n) is 1.43. The smallest absolute Gasteiger partial charge is 0.0454 e. The maximum atomic E-state index is 6.17. The average molecular weight is 292 g/mol. The lowest BCUT2D eigenvalue weighted by Crippen LogP contribution is -2.33. The molecule has 4 heteroatoms. The Kier molecular flexibility index (Phi) is 5.65. The summed E-state index contributed by atoms with van der Waals surface area (Å²) in [6, 6.07) is 5.78. The van der Waals surface area contributed by atoms with Crippen LogP contribution in [0.15, 0.2) is 18.2 Å². The van der Waals surface area contributed by atoms with Gasteiger partial charge in [0.25, 0.3) is 0 Å². The van der Waals surface area contributed by atoms with Gasteiger partial charge < -0.3 is 5.32 Å². The van der Waals surface area contributed by atoms with Crippen molar-refractivity contribution in [1.82, 2.24) is 5.32 Å². The van der Waals surface area contributed by atoms with Gasteiger partial charge >= 0.3 is 0 Å². The third-order valence-electron chi connectivity index (χ3n) is 2.81. The van der Waals surface area contributed by atoms with Crippen molar-refractivity contribution in [2.24, 2.45) is 0 Å². The fraction of sp³-hybridized carbons (Fsp3) is 0.538.